The van der Waals surface area contributed by atoms with Gasteiger partial charge < -0.3 is 10.2 Å². The number of aryl methyl sites for hydroxylation is 1. The van der Waals surface area contributed by atoms with E-state index in [-0.39, 0.29) is 18.3 Å². The van der Waals surface area contributed by atoms with E-state index < -0.39 is 10.0 Å². The molecule has 1 saturated heterocycles. The minimum atomic E-state index is -3.46. The van der Waals surface area contributed by atoms with Crippen LogP contribution in [-0.4, -0.2) is 63.3 Å². The summed E-state index contributed by atoms with van der Waals surface area (Å²) < 4.78 is 26.6. The maximum absolute atomic E-state index is 12.6. The molecule has 1 N–H and O–H groups in total. The van der Waals surface area contributed by atoms with Crippen LogP contribution in [0.4, 0.5) is 0 Å². The zero-order chi connectivity index (χ0) is 16.2. The zero-order valence-corrected chi connectivity index (χ0v) is 15.1. The predicted octanol–water partition coefficient (Wildman–Crippen LogP) is 0.859. The molecule has 2 rings (SSSR count). The molecule has 0 spiro atoms. The first-order valence-corrected chi connectivity index (χ1v) is 8.88. The number of piperazine rings is 1. The Morgan fingerprint density at radius 1 is 1.13 bits per heavy atom. The molecule has 0 unspecified atom stereocenters. The molecular weight excluding hydrogens is 338 g/mol. The first kappa shape index (κ1) is 19.9. The molecule has 130 valence electrons. The van der Waals surface area contributed by atoms with Crippen molar-refractivity contribution >= 4 is 28.3 Å². The fourth-order valence-electron chi connectivity index (χ4n) is 2.43. The van der Waals surface area contributed by atoms with Crippen LogP contribution in [0.1, 0.15) is 12.0 Å². The summed E-state index contributed by atoms with van der Waals surface area (Å²) in [5.41, 5.74) is 1.03. The van der Waals surface area contributed by atoms with E-state index in [1.807, 2.05) is 6.92 Å². The largest absolute Gasteiger partial charge is 0.340 e. The van der Waals surface area contributed by atoms with Crippen molar-refractivity contribution in [2.24, 2.45) is 0 Å². The highest BCUT2D eigenvalue weighted by Crippen LogP contribution is 2.18. The van der Waals surface area contributed by atoms with Crippen LogP contribution in [0.2, 0.25) is 0 Å². The monoisotopic (exact) mass is 361 g/mol. The van der Waals surface area contributed by atoms with Gasteiger partial charge in [0.05, 0.1) is 4.90 Å². The summed E-state index contributed by atoms with van der Waals surface area (Å²) >= 11 is 0. The first-order valence-electron chi connectivity index (χ1n) is 7.44. The van der Waals surface area contributed by atoms with Crippen LogP contribution in [0.25, 0.3) is 0 Å². The van der Waals surface area contributed by atoms with E-state index in [0.717, 1.165) is 5.56 Å². The van der Waals surface area contributed by atoms with Crippen molar-refractivity contribution in [1.29, 1.82) is 0 Å². The van der Waals surface area contributed by atoms with Crippen molar-refractivity contribution in [2.75, 3.05) is 39.8 Å². The molecule has 1 aliphatic heterocycles. The van der Waals surface area contributed by atoms with Crippen molar-refractivity contribution in [2.45, 2.75) is 18.2 Å². The van der Waals surface area contributed by atoms with Crippen LogP contribution in [-0.2, 0) is 14.8 Å². The van der Waals surface area contributed by atoms with Crippen molar-refractivity contribution in [3.63, 3.8) is 0 Å². The Labute approximate surface area is 144 Å². The molecule has 6 nitrogen and oxygen atoms in total. The topological polar surface area (TPSA) is 69.7 Å². The Kier molecular flexibility index (Phi) is 7.47. The Bertz CT molecular complexity index is 611. The SMILES string of the molecule is CNCCC(=O)N1CCN(S(=O)(=O)c2ccc(C)cc2)CC1.Cl. The highest BCUT2D eigenvalue weighted by Gasteiger charge is 2.29. The van der Waals surface area contributed by atoms with Gasteiger partial charge in [0.15, 0.2) is 0 Å². The number of hydrogen-bond donors (Lipinski definition) is 1. The molecule has 1 amide bonds. The lowest BCUT2D eigenvalue weighted by Crippen LogP contribution is -2.50. The van der Waals surface area contributed by atoms with Crippen molar-refractivity contribution < 1.29 is 13.2 Å². The average Bonchev–Trinajstić information content (AvgIpc) is 2.53. The normalized spacial score (nSPS) is 16.0. The van der Waals surface area contributed by atoms with E-state index in [1.54, 1.807) is 36.2 Å². The maximum atomic E-state index is 12.6. The minimum absolute atomic E-state index is 0. The van der Waals surface area contributed by atoms with Gasteiger partial charge in [-0.3, -0.25) is 4.79 Å². The number of hydrogen-bond acceptors (Lipinski definition) is 4. The van der Waals surface area contributed by atoms with Gasteiger partial charge >= 0.3 is 0 Å². The smallest absolute Gasteiger partial charge is 0.243 e. The first-order chi connectivity index (χ1) is 10.4. The minimum Gasteiger partial charge on any atom is -0.340 e. The van der Waals surface area contributed by atoms with Gasteiger partial charge in [-0.05, 0) is 26.1 Å². The number of halogens is 1. The number of carbonyl (C=O) groups is 1. The van der Waals surface area contributed by atoms with Gasteiger partial charge in [0.25, 0.3) is 0 Å². The number of rotatable bonds is 5. The Morgan fingerprint density at radius 3 is 2.22 bits per heavy atom. The number of benzene rings is 1. The number of sulfonamides is 1. The molecule has 23 heavy (non-hydrogen) atoms. The summed E-state index contributed by atoms with van der Waals surface area (Å²) in [5, 5.41) is 2.94. The standard InChI is InChI=1S/C15H23N3O3S.ClH/c1-13-3-5-14(6-4-13)22(20,21)18-11-9-17(10-12-18)15(19)7-8-16-2;/h3-6,16H,7-12H2,1-2H3;1H. The Balaban J connectivity index is 0.00000264. The predicted molar refractivity (Wildman–Crippen MR) is 92.3 cm³/mol. The van der Waals surface area contributed by atoms with Crippen molar-refractivity contribution in [1.82, 2.24) is 14.5 Å². The third kappa shape index (κ3) is 4.91. The quantitative estimate of drug-likeness (QED) is 0.844. The van der Waals surface area contributed by atoms with E-state index in [9.17, 15) is 13.2 Å². The lowest BCUT2D eigenvalue weighted by atomic mass is 10.2. The number of carbonyl (C=O) groups excluding carboxylic acids is 1. The van der Waals surface area contributed by atoms with Crippen LogP contribution in [0, 0.1) is 6.92 Å². The van der Waals surface area contributed by atoms with E-state index in [4.69, 9.17) is 0 Å². The van der Waals surface area contributed by atoms with Crippen LogP contribution in [0.5, 0.6) is 0 Å². The summed E-state index contributed by atoms with van der Waals surface area (Å²) in [7, 11) is -1.66. The summed E-state index contributed by atoms with van der Waals surface area (Å²) in [5.74, 6) is 0.0710. The second kappa shape index (κ2) is 8.63. The van der Waals surface area contributed by atoms with Crippen LogP contribution < -0.4 is 5.32 Å². The van der Waals surface area contributed by atoms with Gasteiger partial charge in [-0.2, -0.15) is 4.31 Å². The number of amides is 1. The molecule has 0 radical (unpaired) electrons. The van der Waals surface area contributed by atoms with Gasteiger partial charge in [-0.1, -0.05) is 17.7 Å². The zero-order valence-electron chi connectivity index (χ0n) is 13.5. The molecule has 1 aliphatic rings. The van der Waals surface area contributed by atoms with E-state index >= 15 is 0 Å². The molecule has 1 heterocycles. The summed E-state index contributed by atoms with van der Waals surface area (Å²) in [6, 6.07) is 6.86. The average molecular weight is 362 g/mol. The van der Waals surface area contributed by atoms with E-state index in [2.05, 4.69) is 5.32 Å². The maximum Gasteiger partial charge on any atom is 0.243 e. The highest BCUT2D eigenvalue weighted by molar-refractivity contribution is 7.89. The summed E-state index contributed by atoms with van der Waals surface area (Å²) in [6.45, 7) is 4.16. The van der Waals surface area contributed by atoms with Gasteiger partial charge in [-0.25, -0.2) is 8.42 Å². The van der Waals surface area contributed by atoms with Crippen LogP contribution in [0.3, 0.4) is 0 Å². The fourth-order valence-corrected chi connectivity index (χ4v) is 3.85. The summed E-state index contributed by atoms with van der Waals surface area (Å²) in [6.07, 6.45) is 0.446. The molecule has 1 aromatic rings. The molecular formula is C15H24ClN3O3S. The third-order valence-electron chi connectivity index (χ3n) is 3.84. The second-order valence-electron chi connectivity index (χ2n) is 5.45. The highest BCUT2D eigenvalue weighted by atomic mass is 35.5. The summed E-state index contributed by atoms with van der Waals surface area (Å²) in [4.78, 5) is 14.0. The van der Waals surface area contributed by atoms with Crippen LogP contribution >= 0.6 is 12.4 Å². The molecule has 0 aliphatic carbocycles. The Hall–Kier alpha value is -1.15. The molecule has 0 bridgehead atoms. The van der Waals surface area contributed by atoms with E-state index in [1.165, 1.54) is 4.31 Å². The number of nitrogens with one attached hydrogen (secondary N) is 1. The van der Waals surface area contributed by atoms with Crippen molar-refractivity contribution in [3.8, 4) is 0 Å². The molecule has 0 aromatic heterocycles. The number of nitrogens with zero attached hydrogens (tertiary/aromatic N) is 2. The van der Waals surface area contributed by atoms with Gasteiger partial charge in [-0.15, -0.1) is 12.4 Å². The van der Waals surface area contributed by atoms with E-state index in [0.29, 0.717) is 44.0 Å². The van der Waals surface area contributed by atoms with Gasteiger partial charge in [0.1, 0.15) is 0 Å². The Morgan fingerprint density at radius 2 is 1.70 bits per heavy atom. The van der Waals surface area contributed by atoms with Gasteiger partial charge in [0.2, 0.25) is 15.9 Å². The fraction of sp³-hybridized carbons (Fsp3) is 0.533. The lowest BCUT2D eigenvalue weighted by Gasteiger charge is -2.34. The lowest BCUT2D eigenvalue weighted by molar-refractivity contribution is -0.132. The molecule has 8 heteroatoms. The van der Waals surface area contributed by atoms with Gasteiger partial charge in [0, 0.05) is 39.1 Å². The molecule has 0 atom stereocenters. The van der Waals surface area contributed by atoms with Crippen molar-refractivity contribution in [3.05, 3.63) is 29.8 Å². The third-order valence-corrected chi connectivity index (χ3v) is 5.75. The van der Waals surface area contributed by atoms with Crippen LogP contribution in [0.15, 0.2) is 29.2 Å². The molecule has 1 fully saturated rings. The second-order valence-corrected chi connectivity index (χ2v) is 7.39. The molecule has 0 saturated carbocycles. The molecule has 1 aromatic carbocycles.